The molecular weight excluding hydrogens is 362 g/mol. The first kappa shape index (κ1) is 19.4. The third kappa shape index (κ3) is 4.92. The molecule has 2 aliphatic rings. The van der Waals surface area contributed by atoms with Gasteiger partial charge in [-0.3, -0.25) is 4.90 Å². The van der Waals surface area contributed by atoms with Crippen LogP contribution in [-0.2, 0) is 13.1 Å². The van der Waals surface area contributed by atoms with E-state index in [0.29, 0.717) is 18.1 Å². The summed E-state index contributed by atoms with van der Waals surface area (Å²) >= 11 is 5.58. The fourth-order valence-corrected chi connectivity index (χ4v) is 5.01. The molecule has 2 N–H and O–H groups in total. The van der Waals surface area contributed by atoms with Gasteiger partial charge < -0.3 is 10.6 Å². The largest absolute Gasteiger partial charge is 0.360 e. The minimum atomic E-state index is 0.486. The van der Waals surface area contributed by atoms with Crippen molar-refractivity contribution < 1.29 is 0 Å². The van der Waals surface area contributed by atoms with Gasteiger partial charge in [0.1, 0.15) is 0 Å². The maximum atomic E-state index is 5.58. The van der Waals surface area contributed by atoms with E-state index in [1.807, 2.05) is 6.07 Å². The van der Waals surface area contributed by atoms with E-state index in [9.17, 15) is 0 Å². The molecule has 0 aromatic heterocycles. The quantitative estimate of drug-likeness (QED) is 0.729. The number of fused-ring (bicyclic) bond motifs is 2. The Morgan fingerprint density at radius 2 is 1.64 bits per heavy atom. The van der Waals surface area contributed by atoms with Crippen molar-refractivity contribution in [2.45, 2.75) is 70.2 Å². The molecule has 2 aliphatic heterocycles. The summed E-state index contributed by atoms with van der Waals surface area (Å²) in [6, 6.07) is 21.3. The number of thiocarbonyl (C=S) groups is 1. The predicted molar refractivity (Wildman–Crippen MR) is 120 cm³/mol. The van der Waals surface area contributed by atoms with Gasteiger partial charge in [-0.2, -0.15) is 0 Å². The minimum absolute atomic E-state index is 0.486. The van der Waals surface area contributed by atoms with Crippen LogP contribution in [0.2, 0.25) is 0 Å². The molecule has 2 saturated heterocycles. The summed E-state index contributed by atoms with van der Waals surface area (Å²) < 4.78 is 0. The summed E-state index contributed by atoms with van der Waals surface area (Å²) in [6.45, 7) is 4.02. The highest BCUT2D eigenvalue weighted by molar-refractivity contribution is 7.80. The van der Waals surface area contributed by atoms with Crippen LogP contribution < -0.4 is 10.6 Å². The Hall–Kier alpha value is -1.91. The molecule has 0 spiro atoms. The summed E-state index contributed by atoms with van der Waals surface area (Å²) in [4.78, 5) is 2.76. The highest BCUT2D eigenvalue weighted by Gasteiger charge is 2.38. The van der Waals surface area contributed by atoms with Crippen molar-refractivity contribution in [1.29, 1.82) is 0 Å². The number of nitrogens with zero attached hydrogens (tertiary/aromatic N) is 1. The number of rotatable bonds is 5. The van der Waals surface area contributed by atoms with E-state index in [2.05, 4.69) is 71.0 Å². The summed E-state index contributed by atoms with van der Waals surface area (Å²) in [5.41, 5.74) is 4.04. The smallest absolute Gasteiger partial charge is 0.166 e. The summed E-state index contributed by atoms with van der Waals surface area (Å²) in [5.74, 6) is 0. The summed E-state index contributed by atoms with van der Waals surface area (Å²) in [7, 11) is 0. The topological polar surface area (TPSA) is 27.3 Å². The third-order valence-electron chi connectivity index (χ3n) is 6.24. The average molecular weight is 394 g/mol. The minimum Gasteiger partial charge on any atom is -0.360 e. The fourth-order valence-electron chi connectivity index (χ4n) is 4.77. The molecule has 2 bridgehead atoms. The Bertz CT molecular complexity index is 760. The number of hydrogen-bond acceptors (Lipinski definition) is 2. The molecule has 2 aromatic rings. The van der Waals surface area contributed by atoms with Crippen LogP contribution in [0.3, 0.4) is 0 Å². The van der Waals surface area contributed by atoms with Crippen LogP contribution in [0.1, 0.15) is 48.8 Å². The molecule has 2 fully saturated rings. The fraction of sp³-hybridized carbons (Fsp3) is 0.458. The first-order valence-corrected chi connectivity index (χ1v) is 11.0. The number of piperidine rings is 2. The lowest BCUT2D eigenvalue weighted by Gasteiger charge is -2.49. The van der Waals surface area contributed by atoms with Gasteiger partial charge in [-0.25, -0.2) is 0 Å². The van der Waals surface area contributed by atoms with Crippen molar-refractivity contribution in [2.24, 2.45) is 0 Å². The van der Waals surface area contributed by atoms with E-state index in [1.165, 1.54) is 48.8 Å². The monoisotopic (exact) mass is 393 g/mol. The Morgan fingerprint density at radius 1 is 0.964 bits per heavy atom. The molecule has 1 unspecified atom stereocenters. The van der Waals surface area contributed by atoms with Gasteiger partial charge in [0.05, 0.1) is 0 Å². The van der Waals surface area contributed by atoms with E-state index >= 15 is 0 Å². The molecule has 148 valence electrons. The highest BCUT2D eigenvalue weighted by Crippen LogP contribution is 2.35. The molecule has 0 radical (unpaired) electrons. The van der Waals surface area contributed by atoms with E-state index in [0.717, 1.165) is 18.2 Å². The number of benzene rings is 2. The molecule has 28 heavy (non-hydrogen) atoms. The van der Waals surface area contributed by atoms with Gasteiger partial charge in [-0.05, 0) is 56.0 Å². The summed E-state index contributed by atoms with van der Waals surface area (Å²) in [5, 5.41) is 7.77. The predicted octanol–water partition coefficient (Wildman–Crippen LogP) is 4.54. The second-order valence-corrected chi connectivity index (χ2v) is 8.79. The maximum absolute atomic E-state index is 5.58. The second-order valence-electron chi connectivity index (χ2n) is 8.38. The highest BCUT2D eigenvalue weighted by atomic mass is 32.1. The molecule has 0 saturated carbocycles. The van der Waals surface area contributed by atoms with Gasteiger partial charge in [0.25, 0.3) is 0 Å². The van der Waals surface area contributed by atoms with Crippen LogP contribution in [0.25, 0.3) is 0 Å². The van der Waals surface area contributed by atoms with Crippen LogP contribution in [0.5, 0.6) is 0 Å². The van der Waals surface area contributed by atoms with Crippen LogP contribution >= 0.6 is 12.2 Å². The first-order chi connectivity index (χ1) is 13.7. The standard InChI is InChI=1S/C24H31N3S/c1-18-10-12-20(13-11-18)17-27-22-8-5-9-23(27)15-21(14-22)26-24(28)25-16-19-6-3-2-4-7-19/h2-4,6-7,10-13,21-23H,5,8-9,14-17H2,1H3,(H2,25,26,28)/t21?,22-,23+. The van der Waals surface area contributed by atoms with Crippen molar-refractivity contribution in [3.05, 3.63) is 71.3 Å². The van der Waals surface area contributed by atoms with Gasteiger partial charge >= 0.3 is 0 Å². The van der Waals surface area contributed by atoms with Crippen molar-refractivity contribution in [3.63, 3.8) is 0 Å². The van der Waals surface area contributed by atoms with Crippen molar-refractivity contribution >= 4 is 17.3 Å². The maximum Gasteiger partial charge on any atom is 0.166 e. The first-order valence-electron chi connectivity index (χ1n) is 10.6. The van der Waals surface area contributed by atoms with E-state index in [-0.39, 0.29) is 0 Å². The normalized spacial score (nSPS) is 24.5. The van der Waals surface area contributed by atoms with E-state index in [4.69, 9.17) is 12.2 Å². The Morgan fingerprint density at radius 3 is 2.32 bits per heavy atom. The number of hydrogen-bond donors (Lipinski definition) is 2. The van der Waals surface area contributed by atoms with E-state index < -0.39 is 0 Å². The lowest BCUT2D eigenvalue weighted by molar-refractivity contribution is 0.0210. The summed E-state index contributed by atoms with van der Waals surface area (Å²) in [6.07, 6.45) is 6.36. The molecule has 3 atom stereocenters. The third-order valence-corrected chi connectivity index (χ3v) is 6.50. The van der Waals surface area contributed by atoms with Gasteiger partial charge in [0.2, 0.25) is 0 Å². The molecule has 3 nitrogen and oxygen atoms in total. The van der Waals surface area contributed by atoms with Gasteiger partial charge in [0.15, 0.2) is 5.11 Å². The lowest BCUT2D eigenvalue weighted by Crippen LogP contribution is -2.57. The average Bonchev–Trinajstić information content (AvgIpc) is 2.69. The van der Waals surface area contributed by atoms with Crippen molar-refractivity contribution in [3.8, 4) is 0 Å². The van der Waals surface area contributed by atoms with E-state index in [1.54, 1.807) is 0 Å². The van der Waals surface area contributed by atoms with Gasteiger partial charge in [-0.1, -0.05) is 66.6 Å². The Labute approximate surface area is 174 Å². The van der Waals surface area contributed by atoms with Crippen LogP contribution in [0, 0.1) is 6.92 Å². The molecule has 2 heterocycles. The Balaban J connectivity index is 1.31. The van der Waals surface area contributed by atoms with Crippen molar-refractivity contribution in [2.75, 3.05) is 0 Å². The molecule has 2 aromatic carbocycles. The van der Waals surface area contributed by atoms with Crippen LogP contribution in [0.15, 0.2) is 54.6 Å². The zero-order valence-corrected chi connectivity index (χ0v) is 17.5. The van der Waals surface area contributed by atoms with Gasteiger partial charge in [0, 0.05) is 31.2 Å². The van der Waals surface area contributed by atoms with Crippen molar-refractivity contribution in [1.82, 2.24) is 15.5 Å². The number of nitrogens with one attached hydrogen (secondary N) is 2. The molecule has 4 rings (SSSR count). The van der Waals surface area contributed by atoms with Crippen LogP contribution in [0.4, 0.5) is 0 Å². The zero-order chi connectivity index (χ0) is 19.3. The number of aryl methyl sites for hydroxylation is 1. The second kappa shape index (κ2) is 9.06. The lowest BCUT2D eigenvalue weighted by atomic mass is 9.81. The molecule has 0 amide bonds. The van der Waals surface area contributed by atoms with Crippen LogP contribution in [-0.4, -0.2) is 28.1 Å². The molecular formula is C24H31N3S. The van der Waals surface area contributed by atoms with Gasteiger partial charge in [-0.15, -0.1) is 0 Å². The molecule has 4 heteroatoms. The molecule has 0 aliphatic carbocycles. The Kier molecular flexibility index (Phi) is 6.28. The zero-order valence-electron chi connectivity index (χ0n) is 16.7. The SMILES string of the molecule is Cc1ccc(CN2[C@@H]3CCC[C@H]2CC(NC(=S)NCc2ccccc2)C3)cc1.